The van der Waals surface area contributed by atoms with E-state index in [2.05, 4.69) is 10.6 Å². The van der Waals surface area contributed by atoms with Crippen LogP contribution < -0.4 is 10.6 Å². The van der Waals surface area contributed by atoms with Gasteiger partial charge >= 0.3 is 6.03 Å². The normalized spacial score (nSPS) is 35.5. The highest BCUT2D eigenvalue weighted by Gasteiger charge is 2.44. The van der Waals surface area contributed by atoms with Crippen LogP contribution in [0.4, 0.5) is 13.6 Å². The number of ether oxygens (including phenoxy) is 1. The quantitative estimate of drug-likeness (QED) is 0.901. The van der Waals surface area contributed by atoms with E-state index in [0.29, 0.717) is 12.0 Å². The van der Waals surface area contributed by atoms with E-state index >= 15 is 0 Å². The monoisotopic (exact) mass is 308 g/mol. The predicted molar refractivity (Wildman–Crippen MR) is 75.5 cm³/mol. The van der Waals surface area contributed by atoms with Crippen molar-refractivity contribution in [3.8, 4) is 0 Å². The highest BCUT2D eigenvalue weighted by Crippen LogP contribution is 2.42. The molecule has 3 fully saturated rings. The summed E-state index contributed by atoms with van der Waals surface area (Å²) in [5, 5.41) is 5.81. The van der Waals surface area contributed by atoms with E-state index in [1.54, 1.807) is 0 Å². The molecule has 2 heterocycles. The summed E-state index contributed by atoms with van der Waals surface area (Å²) >= 11 is 0. The fraction of sp³-hybridized carbons (Fsp3) is 0.562. The topological polar surface area (TPSA) is 50.4 Å². The lowest BCUT2D eigenvalue weighted by Gasteiger charge is -2.20. The van der Waals surface area contributed by atoms with E-state index in [4.69, 9.17) is 4.74 Å². The number of amides is 2. The lowest BCUT2D eigenvalue weighted by atomic mass is 9.96. The first-order valence-corrected chi connectivity index (χ1v) is 7.77. The second-order valence-corrected chi connectivity index (χ2v) is 6.45. The fourth-order valence-corrected chi connectivity index (χ4v) is 3.67. The van der Waals surface area contributed by atoms with Crippen molar-refractivity contribution in [1.82, 2.24) is 10.6 Å². The molecule has 2 bridgehead atoms. The number of rotatable bonds is 3. The van der Waals surface area contributed by atoms with Crippen molar-refractivity contribution in [3.63, 3.8) is 0 Å². The molecule has 4 rings (SSSR count). The minimum Gasteiger partial charge on any atom is -0.373 e. The first kappa shape index (κ1) is 13.9. The van der Waals surface area contributed by atoms with Gasteiger partial charge in [-0.1, -0.05) is 6.07 Å². The van der Waals surface area contributed by atoms with Crippen LogP contribution in [0.5, 0.6) is 0 Å². The molecule has 5 unspecified atom stereocenters. The molecule has 0 aromatic heterocycles. The molecule has 2 aliphatic heterocycles. The van der Waals surface area contributed by atoms with Crippen molar-refractivity contribution < 1.29 is 18.3 Å². The van der Waals surface area contributed by atoms with Gasteiger partial charge in [0.1, 0.15) is 11.6 Å². The van der Waals surface area contributed by atoms with Crippen LogP contribution in [0.3, 0.4) is 0 Å². The molecule has 2 amide bonds. The fourth-order valence-electron chi connectivity index (χ4n) is 3.67. The van der Waals surface area contributed by atoms with E-state index in [9.17, 15) is 13.6 Å². The summed E-state index contributed by atoms with van der Waals surface area (Å²) < 4.78 is 32.3. The third kappa shape index (κ3) is 2.56. The zero-order valence-corrected chi connectivity index (χ0v) is 12.0. The van der Waals surface area contributed by atoms with E-state index in [1.807, 2.05) is 0 Å². The Labute approximate surface area is 127 Å². The number of carbonyl (C=O) groups excluding carboxylic acids is 1. The molecule has 2 N–H and O–H groups in total. The maximum absolute atomic E-state index is 13.7. The van der Waals surface area contributed by atoms with Crippen LogP contribution in [-0.4, -0.2) is 30.3 Å². The molecule has 1 aromatic carbocycles. The van der Waals surface area contributed by atoms with Crippen LogP contribution in [0.15, 0.2) is 18.2 Å². The molecular formula is C16H18F2N2O2. The van der Waals surface area contributed by atoms with Crippen LogP contribution in [0.1, 0.15) is 37.2 Å². The molecule has 6 heteroatoms. The molecule has 1 aromatic rings. The van der Waals surface area contributed by atoms with Gasteiger partial charge in [-0.25, -0.2) is 13.6 Å². The Hall–Kier alpha value is -1.69. The number of urea groups is 1. The highest BCUT2D eigenvalue weighted by atomic mass is 19.1. The second-order valence-electron chi connectivity index (χ2n) is 6.45. The third-order valence-corrected chi connectivity index (χ3v) is 4.89. The van der Waals surface area contributed by atoms with E-state index in [0.717, 1.165) is 25.3 Å². The third-order valence-electron chi connectivity index (χ3n) is 4.89. The van der Waals surface area contributed by atoms with Gasteiger partial charge in [0.2, 0.25) is 0 Å². The average molecular weight is 308 g/mol. The van der Waals surface area contributed by atoms with Crippen molar-refractivity contribution in [2.45, 2.75) is 55.9 Å². The van der Waals surface area contributed by atoms with E-state index in [-0.39, 0.29) is 36.2 Å². The maximum atomic E-state index is 13.7. The van der Waals surface area contributed by atoms with Crippen molar-refractivity contribution >= 4 is 6.03 Å². The summed E-state index contributed by atoms with van der Waals surface area (Å²) in [6.07, 6.45) is 4.07. The molecule has 118 valence electrons. The highest BCUT2D eigenvalue weighted by molar-refractivity contribution is 5.75. The molecule has 22 heavy (non-hydrogen) atoms. The molecule has 0 radical (unpaired) electrons. The van der Waals surface area contributed by atoms with Gasteiger partial charge in [0.05, 0.1) is 18.2 Å². The number of carbonyl (C=O) groups is 1. The molecule has 2 saturated heterocycles. The molecule has 0 spiro atoms. The largest absolute Gasteiger partial charge is 0.373 e. The minimum absolute atomic E-state index is 0.0670. The van der Waals surface area contributed by atoms with Gasteiger partial charge in [-0.3, -0.25) is 0 Å². The first-order chi connectivity index (χ1) is 10.6. The van der Waals surface area contributed by atoms with Crippen molar-refractivity contribution in [2.75, 3.05) is 0 Å². The van der Waals surface area contributed by atoms with Gasteiger partial charge in [-0.05, 0) is 37.3 Å². The number of benzene rings is 1. The first-order valence-electron chi connectivity index (χ1n) is 7.77. The van der Waals surface area contributed by atoms with Gasteiger partial charge in [-0.2, -0.15) is 0 Å². The van der Waals surface area contributed by atoms with Crippen LogP contribution in [0.2, 0.25) is 0 Å². The Bertz CT molecular complexity index is 610. The Morgan fingerprint density at radius 3 is 2.64 bits per heavy atom. The molecular weight excluding hydrogens is 290 g/mol. The van der Waals surface area contributed by atoms with Crippen LogP contribution in [0.25, 0.3) is 0 Å². The van der Waals surface area contributed by atoms with Crippen LogP contribution in [-0.2, 0) is 4.74 Å². The Balaban J connectivity index is 1.30. The SMILES string of the molecule is O=C(NC1CC2CCC1O2)NC1CC1c1ccc(F)cc1F. The van der Waals surface area contributed by atoms with Gasteiger partial charge < -0.3 is 15.4 Å². The molecule has 1 aliphatic carbocycles. The number of hydrogen-bond donors (Lipinski definition) is 2. The minimum atomic E-state index is -0.583. The summed E-state index contributed by atoms with van der Waals surface area (Å²) in [5.74, 6) is -1.20. The number of fused-ring (bicyclic) bond motifs is 2. The van der Waals surface area contributed by atoms with Crippen LogP contribution in [0, 0.1) is 11.6 Å². The standard InChI is InChI=1S/C16H18F2N2O2/c17-8-1-3-10(12(18)5-8)11-7-13(11)19-16(21)20-14-6-9-2-4-15(14)22-9/h1,3,5,9,11,13-15H,2,4,6-7H2,(H2,19,20,21). The van der Waals surface area contributed by atoms with Gasteiger partial charge in [0, 0.05) is 18.0 Å². The molecule has 4 nitrogen and oxygen atoms in total. The summed E-state index contributed by atoms with van der Waals surface area (Å²) in [6, 6.07) is 3.37. The predicted octanol–water partition coefficient (Wildman–Crippen LogP) is 2.44. The van der Waals surface area contributed by atoms with E-state index in [1.165, 1.54) is 12.1 Å². The van der Waals surface area contributed by atoms with Crippen molar-refractivity contribution in [3.05, 3.63) is 35.4 Å². The zero-order valence-electron chi connectivity index (χ0n) is 12.0. The molecule has 5 atom stereocenters. The lowest BCUT2D eigenvalue weighted by Crippen LogP contribution is -2.47. The van der Waals surface area contributed by atoms with Crippen molar-refractivity contribution in [2.24, 2.45) is 0 Å². The molecule has 1 saturated carbocycles. The van der Waals surface area contributed by atoms with Crippen molar-refractivity contribution in [1.29, 1.82) is 0 Å². The number of nitrogens with one attached hydrogen (secondary N) is 2. The Morgan fingerprint density at radius 2 is 1.95 bits per heavy atom. The smallest absolute Gasteiger partial charge is 0.315 e. The Morgan fingerprint density at radius 1 is 1.14 bits per heavy atom. The zero-order chi connectivity index (χ0) is 15.3. The maximum Gasteiger partial charge on any atom is 0.315 e. The van der Waals surface area contributed by atoms with E-state index < -0.39 is 11.6 Å². The number of halogens is 2. The van der Waals surface area contributed by atoms with Gasteiger partial charge in [0.25, 0.3) is 0 Å². The molecule has 3 aliphatic rings. The summed E-state index contributed by atoms with van der Waals surface area (Å²) in [6.45, 7) is 0. The summed E-state index contributed by atoms with van der Waals surface area (Å²) in [5.41, 5.74) is 0.468. The van der Waals surface area contributed by atoms with Gasteiger partial charge in [0.15, 0.2) is 0 Å². The Kier molecular flexibility index (Phi) is 3.29. The number of hydrogen-bond acceptors (Lipinski definition) is 2. The van der Waals surface area contributed by atoms with Gasteiger partial charge in [-0.15, -0.1) is 0 Å². The average Bonchev–Trinajstić information content (AvgIpc) is 2.91. The second kappa shape index (κ2) is 5.19. The summed E-state index contributed by atoms with van der Waals surface area (Å²) in [4.78, 5) is 12.0. The lowest BCUT2D eigenvalue weighted by molar-refractivity contribution is 0.0981. The summed E-state index contributed by atoms with van der Waals surface area (Å²) in [7, 11) is 0. The van der Waals surface area contributed by atoms with Crippen LogP contribution >= 0.6 is 0 Å².